The Labute approximate surface area is 73.6 Å². The standard InChI is InChI=1S/C9H14O2Si/c1-7-8(6-10)5-9(11-7)12(2,3)4/h5-6H,1-4H3. The SMILES string of the molecule is Cc1oc([Si](C)(C)C)cc1C=O. The predicted molar refractivity (Wildman–Crippen MR) is 51.8 cm³/mol. The lowest BCUT2D eigenvalue weighted by Crippen LogP contribution is -2.36. The van der Waals surface area contributed by atoms with E-state index in [1.54, 1.807) is 0 Å². The van der Waals surface area contributed by atoms with Crippen molar-refractivity contribution in [2.24, 2.45) is 0 Å². The number of carbonyl (C=O) groups is 1. The van der Waals surface area contributed by atoms with E-state index in [2.05, 4.69) is 19.6 Å². The predicted octanol–water partition coefficient (Wildman–Crippen LogP) is 1.95. The topological polar surface area (TPSA) is 30.2 Å². The van der Waals surface area contributed by atoms with Crippen LogP contribution in [0.2, 0.25) is 19.6 Å². The molecule has 3 heteroatoms. The smallest absolute Gasteiger partial charge is 0.153 e. The molecule has 0 spiro atoms. The fraction of sp³-hybridized carbons (Fsp3) is 0.444. The Morgan fingerprint density at radius 2 is 2.00 bits per heavy atom. The summed E-state index contributed by atoms with van der Waals surface area (Å²) >= 11 is 0. The van der Waals surface area contributed by atoms with Crippen LogP contribution in [-0.4, -0.2) is 14.4 Å². The Balaban J connectivity index is 3.13. The molecular formula is C9H14O2Si. The van der Waals surface area contributed by atoms with Gasteiger partial charge in [0.1, 0.15) is 13.8 Å². The highest BCUT2D eigenvalue weighted by Gasteiger charge is 2.22. The Morgan fingerprint density at radius 1 is 1.42 bits per heavy atom. The minimum Gasteiger partial charge on any atom is -0.471 e. The van der Waals surface area contributed by atoms with E-state index in [0.717, 1.165) is 17.4 Å². The number of aryl methyl sites for hydroxylation is 1. The van der Waals surface area contributed by atoms with Gasteiger partial charge < -0.3 is 4.42 Å². The van der Waals surface area contributed by atoms with Crippen molar-refractivity contribution in [3.05, 3.63) is 17.4 Å². The van der Waals surface area contributed by atoms with E-state index < -0.39 is 8.07 Å². The van der Waals surface area contributed by atoms with Gasteiger partial charge in [0.15, 0.2) is 6.29 Å². The molecule has 0 fully saturated rings. The maximum Gasteiger partial charge on any atom is 0.153 e. The molecule has 1 aromatic rings. The summed E-state index contributed by atoms with van der Waals surface area (Å²) in [7, 11) is -1.39. The molecule has 0 aliphatic heterocycles. The first-order chi connectivity index (χ1) is 5.45. The third-order valence-electron chi connectivity index (χ3n) is 1.82. The fourth-order valence-corrected chi connectivity index (χ4v) is 2.03. The number of furan rings is 1. The van der Waals surface area contributed by atoms with Gasteiger partial charge >= 0.3 is 0 Å². The average Bonchev–Trinajstić information content (AvgIpc) is 2.29. The van der Waals surface area contributed by atoms with Gasteiger partial charge in [-0.3, -0.25) is 4.79 Å². The normalized spacial score (nSPS) is 11.7. The van der Waals surface area contributed by atoms with Crippen molar-refractivity contribution in [3.8, 4) is 0 Å². The molecule has 2 nitrogen and oxygen atoms in total. The summed E-state index contributed by atoms with van der Waals surface area (Å²) in [4.78, 5) is 10.5. The van der Waals surface area contributed by atoms with Crippen LogP contribution in [0.1, 0.15) is 16.1 Å². The van der Waals surface area contributed by atoms with Crippen LogP contribution in [-0.2, 0) is 0 Å². The molecule has 1 heterocycles. The Bertz CT molecular complexity index is 294. The second-order valence-electron chi connectivity index (χ2n) is 3.99. The van der Waals surface area contributed by atoms with E-state index in [1.165, 1.54) is 0 Å². The first kappa shape index (κ1) is 9.26. The van der Waals surface area contributed by atoms with Gasteiger partial charge in [-0.15, -0.1) is 0 Å². The van der Waals surface area contributed by atoms with Crippen LogP contribution < -0.4 is 5.38 Å². The summed E-state index contributed by atoms with van der Waals surface area (Å²) in [6, 6.07) is 1.87. The zero-order chi connectivity index (χ0) is 9.35. The quantitative estimate of drug-likeness (QED) is 0.517. The lowest BCUT2D eigenvalue weighted by Gasteiger charge is -2.10. The summed E-state index contributed by atoms with van der Waals surface area (Å²) in [5.74, 6) is 0.738. The van der Waals surface area contributed by atoms with E-state index in [9.17, 15) is 4.79 Å². The zero-order valence-corrected chi connectivity index (χ0v) is 8.97. The molecule has 0 aliphatic rings. The van der Waals surface area contributed by atoms with Gasteiger partial charge in [0.25, 0.3) is 0 Å². The molecule has 0 saturated carbocycles. The van der Waals surface area contributed by atoms with E-state index in [1.807, 2.05) is 13.0 Å². The summed E-state index contributed by atoms with van der Waals surface area (Å²) in [5, 5.41) is 1.00. The van der Waals surface area contributed by atoms with Crippen LogP contribution in [0.5, 0.6) is 0 Å². The third-order valence-corrected chi connectivity index (χ3v) is 3.55. The molecule has 0 bridgehead atoms. The van der Waals surface area contributed by atoms with Gasteiger partial charge in [-0.1, -0.05) is 19.6 Å². The average molecular weight is 182 g/mol. The van der Waals surface area contributed by atoms with Crippen molar-refractivity contribution in [2.45, 2.75) is 26.6 Å². The number of hydrogen-bond donors (Lipinski definition) is 0. The highest BCUT2D eigenvalue weighted by Crippen LogP contribution is 2.09. The van der Waals surface area contributed by atoms with Gasteiger partial charge in [0.05, 0.1) is 10.9 Å². The van der Waals surface area contributed by atoms with Gasteiger partial charge in [0.2, 0.25) is 0 Å². The molecule has 0 aromatic carbocycles. The minimum absolute atomic E-state index is 0.687. The van der Waals surface area contributed by atoms with Gasteiger partial charge in [-0.05, 0) is 13.0 Å². The molecule has 1 aromatic heterocycles. The molecule has 0 amide bonds. The molecule has 0 unspecified atom stereocenters. The second-order valence-corrected chi connectivity index (χ2v) is 8.98. The van der Waals surface area contributed by atoms with E-state index in [-0.39, 0.29) is 0 Å². The number of rotatable bonds is 2. The van der Waals surface area contributed by atoms with E-state index in [0.29, 0.717) is 5.56 Å². The number of hydrogen-bond acceptors (Lipinski definition) is 2. The summed E-state index contributed by atoms with van der Waals surface area (Å²) < 4.78 is 5.50. The van der Waals surface area contributed by atoms with Crippen molar-refractivity contribution in [2.75, 3.05) is 0 Å². The van der Waals surface area contributed by atoms with Gasteiger partial charge in [-0.25, -0.2) is 0 Å². The van der Waals surface area contributed by atoms with E-state index in [4.69, 9.17) is 4.42 Å². The number of aldehydes is 1. The van der Waals surface area contributed by atoms with Crippen LogP contribution in [0, 0.1) is 6.92 Å². The summed E-state index contributed by atoms with van der Waals surface area (Å²) in [6.07, 6.45) is 0.850. The molecule has 0 saturated heterocycles. The zero-order valence-electron chi connectivity index (χ0n) is 7.97. The molecule has 0 N–H and O–H groups in total. The summed E-state index contributed by atoms with van der Waals surface area (Å²) in [5.41, 5.74) is 0.687. The third kappa shape index (κ3) is 1.66. The number of carbonyl (C=O) groups excluding carboxylic acids is 1. The molecule has 66 valence electrons. The second kappa shape index (κ2) is 2.90. The van der Waals surface area contributed by atoms with Gasteiger partial charge in [0, 0.05) is 0 Å². The lowest BCUT2D eigenvalue weighted by molar-refractivity contribution is 0.112. The maximum atomic E-state index is 10.5. The molecule has 0 aliphatic carbocycles. The van der Waals surface area contributed by atoms with Crippen molar-refractivity contribution in [3.63, 3.8) is 0 Å². The van der Waals surface area contributed by atoms with Crippen LogP contribution in [0.3, 0.4) is 0 Å². The van der Waals surface area contributed by atoms with Crippen molar-refractivity contribution in [1.29, 1.82) is 0 Å². The van der Waals surface area contributed by atoms with Crippen LogP contribution in [0.4, 0.5) is 0 Å². The fourth-order valence-electron chi connectivity index (χ4n) is 0.983. The lowest BCUT2D eigenvalue weighted by atomic mass is 10.3. The largest absolute Gasteiger partial charge is 0.471 e. The van der Waals surface area contributed by atoms with Crippen molar-refractivity contribution in [1.82, 2.24) is 0 Å². The Morgan fingerprint density at radius 3 is 2.25 bits per heavy atom. The first-order valence-electron chi connectivity index (χ1n) is 4.01. The minimum atomic E-state index is -1.39. The van der Waals surface area contributed by atoms with Crippen LogP contribution in [0.15, 0.2) is 10.5 Å². The van der Waals surface area contributed by atoms with E-state index >= 15 is 0 Å². The van der Waals surface area contributed by atoms with Crippen LogP contribution in [0.25, 0.3) is 0 Å². The molecule has 0 radical (unpaired) electrons. The highest BCUT2D eigenvalue weighted by atomic mass is 28.3. The van der Waals surface area contributed by atoms with Crippen molar-refractivity contribution >= 4 is 19.7 Å². The first-order valence-corrected chi connectivity index (χ1v) is 7.51. The highest BCUT2D eigenvalue weighted by molar-refractivity contribution is 6.87. The van der Waals surface area contributed by atoms with Crippen molar-refractivity contribution < 1.29 is 9.21 Å². The maximum absolute atomic E-state index is 10.5. The Kier molecular flexibility index (Phi) is 2.24. The monoisotopic (exact) mass is 182 g/mol. The van der Waals surface area contributed by atoms with Gasteiger partial charge in [-0.2, -0.15) is 0 Å². The Hall–Kier alpha value is -0.833. The molecule has 0 atom stereocenters. The molecular weight excluding hydrogens is 168 g/mol. The molecule has 1 rings (SSSR count). The summed E-state index contributed by atoms with van der Waals surface area (Å²) in [6.45, 7) is 8.41. The molecule has 12 heavy (non-hydrogen) atoms. The van der Waals surface area contributed by atoms with Crippen LogP contribution >= 0.6 is 0 Å².